The summed E-state index contributed by atoms with van der Waals surface area (Å²) in [5, 5.41) is 0. The standard InChI is InChI=1S/C77H86N2O12/c1-50(2)72(80)86-40-15-18-58-21-29-66(30-22-58)78(68-33-25-60(38-44-90-76(84)54(9)10)62(48-68)19-16-41-87-73(81)51(3)4)70-35-27-64(46-56(70)13)65-28-36-71(57(14)47-65)79(67-31-23-59(24-32-67)37-43-89-75(83)53(7)8)69-34-26-61(39-45-91-77(85)55(11)12)63(49-69)20-17-42-88-74(82)52(5)6/h21-36,46-49H,1,3,5,7,9,11,15-20,37-45H2,2,4,6,8,10,12-14H3. The molecule has 0 heterocycles. The minimum atomic E-state index is -0.458. The van der Waals surface area contributed by atoms with Crippen LogP contribution in [0.4, 0.5) is 34.1 Å². The molecule has 0 aliphatic carbocycles. The van der Waals surface area contributed by atoms with E-state index in [1.165, 1.54) is 0 Å². The summed E-state index contributed by atoms with van der Waals surface area (Å²) in [6.45, 7) is 37.4. The van der Waals surface area contributed by atoms with Crippen LogP contribution in [0.1, 0.15) is 105 Å². The highest BCUT2D eigenvalue weighted by Crippen LogP contribution is 2.42. The zero-order valence-electron chi connectivity index (χ0n) is 54.2. The van der Waals surface area contributed by atoms with Crippen molar-refractivity contribution in [3.8, 4) is 11.1 Å². The number of carbonyl (C=O) groups is 6. The van der Waals surface area contributed by atoms with E-state index in [9.17, 15) is 28.8 Å². The van der Waals surface area contributed by atoms with Crippen molar-refractivity contribution in [2.75, 3.05) is 49.4 Å². The molecule has 6 aromatic rings. The number of aryl methyl sites for hydroxylation is 5. The second kappa shape index (κ2) is 34.2. The highest BCUT2D eigenvalue weighted by atomic mass is 16.6. The lowest BCUT2D eigenvalue weighted by atomic mass is 9.96. The van der Waals surface area contributed by atoms with Crippen LogP contribution in [0.5, 0.6) is 0 Å². The second-order valence-electron chi connectivity index (χ2n) is 23.0. The fraction of sp³-hybridized carbons (Fsp3) is 0.299. The number of esters is 6. The minimum Gasteiger partial charge on any atom is -0.462 e. The summed E-state index contributed by atoms with van der Waals surface area (Å²) >= 11 is 0. The molecule has 0 amide bonds. The van der Waals surface area contributed by atoms with E-state index in [1.807, 2.05) is 12.1 Å². The summed E-state index contributed by atoms with van der Waals surface area (Å²) in [6, 6.07) is 41.9. The van der Waals surface area contributed by atoms with Gasteiger partial charge in [0, 0.05) is 86.8 Å². The van der Waals surface area contributed by atoms with Gasteiger partial charge >= 0.3 is 35.8 Å². The van der Waals surface area contributed by atoms with Crippen LogP contribution in [0.2, 0.25) is 0 Å². The molecule has 91 heavy (non-hydrogen) atoms. The fourth-order valence-electron chi connectivity index (χ4n) is 9.91. The Morgan fingerprint density at radius 1 is 0.308 bits per heavy atom. The van der Waals surface area contributed by atoms with Gasteiger partial charge in [-0.1, -0.05) is 88.0 Å². The maximum Gasteiger partial charge on any atom is 0.333 e. The van der Waals surface area contributed by atoms with Gasteiger partial charge < -0.3 is 38.2 Å². The predicted molar refractivity (Wildman–Crippen MR) is 361 cm³/mol. The van der Waals surface area contributed by atoms with E-state index >= 15 is 0 Å². The first-order chi connectivity index (χ1) is 43.4. The number of ether oxygens (including phenoxy) is 6. The number of rotatable bonds is 34. The first-order valence-electron chi connectivity index (χ1n) is 30.6. The van der Waals surface area contributed by atoms with Crippen molar-refractivity contribution in [3.63, 3.8) is 0 Å². The molecule has 0 atom stereocenters. The lowest BCUT2D eigenvalue weighted by Crippen LogP contribution is -2.14. The van der Waals surface area contributed by atoms with Crippen LogP contribution in [0.25, 0.3) is 11.1 Å². The van der Waals surface area contributed by atoms with Crippen molar-refractivity contribution in [1.29, 1.82) is 0 Å². The van der Waals surface area contributed by atoms with E-state index in [1.54, 1.807) is 41.5 Å². The van der Waals surface area contributed by atoms with Gasteiger partial charge in [-0.2, -0.15) is 0 Å². The van der Waals surface area contributed by atoms with E-state index in [2.05, 4.69) is 172 Å². The first-order valence-corrected chi connectivity index (χ1v) is 30.6. The second-order valence-corrected chi connectivity index (χ2v) is 23.0. The van der Waals surface area contributed by atoms with E-state index < -0.39 is 35.8 Å². The van der Waals surface area contributed by atoms with Gasteiger partial charge in [0.2, 0.25) is 0 Å². The van der Waals surface area contributed by atoms with Crippen molar-refractivity contribution < 1.29 is 57.2 Å². The van der Waals surface area contributed by atoms with E-state index in [-0.39, 0.29) is 39.6 Å². The number of carbonyl (C=O) groups excluding carboxylic acids is 6. The van der Waals surface area contributed by atoms with Gasteiger partial charge in [-0.05, 0) is 222 Å². The van der Waals surface area contributed by atoms with Gasteiger partial charge in [0.25, 0.3) is 0 Å². The average Bonchev–Trinajstić information content (AvgIpc) is 0.903. The summed E-state index contributed by atoms with van der Waals surface area (Å²) < 4.78 is 32.9. The molecule has 6 rings (SSSR count). The van der Waals surface area contributed by atoms with Gasteiger partial charge in [0.1, 0.15) is 0 Å². The van der Waals surface area contributed by atoms with Crippen molar-refractivity contribution in [1.82, 2.24) is 0 Å². The SMILES string of the molecule is C=C(C)C(=O)OCCCc1ccc(N(c2ccc(CCOC(=O)C(=C)C)c(CCCOC(=O)C(=C)C)c2)c2ccc(-c3ccc(N(c4ccc(CCOC(=O)C(=C)C)cc4)c4ccc(CCOC(=O)C(=C)C)c(CCCOC(=O)C(=C)C)c4)c(C)c3)cc2C)cc1. The van der Waals surface area contributed by atoms with Crippen LogP contribution in [0, 0.1) is 13.8 Å². The molecule has 14 heteroatoms. The highest BCUT2D eigenvalue weighted by Gasteiger charge is 2.22. The molecule has 476 valence electrons. The van der Waals surface area contributed by atoms with E-state index in [0.29, 0.717) is 91.2 Å². The molecule has 0 aliphatic heterocycles. The van der Waals surface area contributed by atoms with Crippen LogP contribution in [-0.2, 0) is 95.7 Å². The third-order valence-corrected chi connectivity index (χ3v) is 14.9. The summed E-state index contributed by atoms with van der Waals surface area (Å²) in [5.74, 6) is -2.65. The average molecular weight is 1230 g/mol. The topological polar surface area (TPSA) is 164 Å². The number of hydrogen-bond acceptors (Lipinski definition) is 14. The van der Waals surface area contributed by atoms with E-state index in [0.717, 1.165) is 89.8 Å². The molecule has 0 spiro atoms. The van der Waals surface area contributed by atoms with Gasteiger partial charge in [-0.3, -0.25) is 0 Å². The normalized spacial score (nSPS) is 10.7. The number of hydrogen-bond donors (Lipinski definition) is 0. The lowest BCUT2D eigenvalue weighted by molar-refractivity contribution is -0.139. The van der Waals surface area contributed by atoms with E-state index in [4.69, 9.17) is 28.4 Å². The zero-order chi connectivity index (χ0) is 66.3. The van der Waals surface area contributed by atoms with Crippen LogP contribution < -0.4 is 9.80 Å². The molecule has 0 N–H and O–H groups in total. The van der Waals surface area contributed by atoms with Crippen molar-refractivity contribution in [3.05, 3.63) is 239 Å². The molecule has 0 saturated heterocycles. The lowest BCUT2D eigenvalue weighted by Gasteiger charge is -2.29. The van der Waals surface area contributed by atoms with Gasteiger partial charge in [0.15, 0.2) is 0 Å². The van der Waals surface area contributed by atoms with Crippen molar-refractivity contribution >= 4 is 69.9 Å². The predicted octanol–water partition coefficient (Wildman–Crippen LogP) is 16.1. The highest BCUT2D eigenvalue weighted by molar-refractivity contribution is 5.90. The molecule has 0 bridgehead atoms. The van der Waals surface area contributed by atoms with Gasteiger partial charge in [-0.25, -0.2) is 28.8 Å². The molecule has 14 nitrogen and oxygen atoms in total. The Morgan fingerprint density at radius 3 is 0.912 bits per heavy atom. The smallest absolute Gasteiger partial charge is 0.333 e. The first kappa shape index (κ1) is 70.3. The quantitative estimate of drug-likeness (QED) is 0.0162. The Morgan fingerprint density at radius 2 is 0.593 bits per heavy atom. The Labute approximate surface area is 537 Å². The third-order valence-electron chi connectivity index (χ3n) is 14.9. The molecular weight excluding hydrogens is 1140 g/mol. The summed E-state index contributed by atoms with van der Waals surface area (Å²) in [5.41, 5.74) is 17.4. The Balaban J connectivity index is 1.41. The van der Waals surface area contributed by atoms with Gasteiger partial charge in [-0.15, -0.1) is 0 Å². The van der Waals surface area contributed by atoms with Gasteiger partial charge in [0.05, 0.1) is 39.6 Å². The molecule has 6 aromatic carbocycles. The number of benzene rings is 6. The third kappa shape index (κ3) is 20.9. The number of nitrogens with zero attached hydrogens (tertiary/aromatic N) is 2. The molecule has 0 saturated carbocycles. The summed E-state index contributed by atoms with van der Waals surface area (Å²) in [7, 11) is 0. The molecule has 0 aromatic heterocycles. The van der Waals surface area contributed by atoms with Crippen molar-refractivity contribution in [2.24, 2.45) is 0 Å². The molecule has 0 radical (unpaired) electrons. The Hall–Kier alpha value is -9.82. The maximum absolute atomic E-state index is 12.4. The largest absolute Gasteiger partial charge is 0.462 e. The molecule has 0 fully saturated rings. The van der Waals surface area contributed by atoms with Crippen molar-refractivity contribution in [2.45, 2.75) is 113 Å². The zero-order valence-corrected chi connectivity index (χ0v) is 54.2. The van der Waals surface area contributed by atoms with Crippen LogP contribution in [0.3, 0.4) is 0 Å². The van der Waals surface area contributed by atoms with Crippen LogP contribution >= 0.6 is 0 Å². The summed E-state index contributed by atoms with van der Waals surface area (Å²) in [4.78, 5) is 78.2. The molecule has 0 aliphatic rings. The number of anilines is 6. The molecule has 0 unspecified atom stereocenters. The Kier molecular flexibility index (Phi) is 26.4. The summed E-state index contributed by atoms with van der Waals surface area (Å²) in [6.07, 6.45) is 5.00. The fourth-order valence-corrected chi connectivity index (χ4v) is 9.91. The monoisotopic (exact) mass is 1230 g/mol. The maximum atomic E-state index is 12.4. The Bertz CT molecular complexity index is 3700. The van der Waals surface area contributed by atoms with Crippen LogP contribution in [0.15, 0.2) is 194 Å². The minimum absolute atomic E-state index is 0.157. The molecular formula is C77H86N2O12. The van der Waals surface area contributed by atoms with Crippen LogP contribution in [-0.4, -0.2) is 75.5 Å².